The van der Waals surface area contributed by atoms with Gasteiger partial charge in [0.25, 0.3) is 0 Å². The Balaban J connectivity index is 2.54. The minimum atomic E-state index is -1.11. The summed E-state index contributed by atoms with van der Waals surface area (Å²) in [5.41, 5.74) is 4.73. The van der Waals surface area contributed by atoms with E-state index < -0.39 is 17.7 Å². The van der Waals surface area contributed by atoms with Crippen LogP contribution in [-0.4, -0.2) is 33.6 Å². The zero-order valence-corrected chi connectivity index (χ0v) is 7.23. The highest BCUT2D eigenvalue weighted by atomic mass is 16.4. The first-order valence-corrected chi connectivity index (χ1v) is 3.87. The average molecular weight is 198 g/mol. The Morgan fingerprint density at radius 1 is 1.79 bits per heavy atom. The Hall–Kier alpha value is -1.89. The number of anilines is 1. The van der Waals surface area contributed by atoms with Crippen LogP contribution in [0, 0.1) is 0 Å². The molecule has 0 aliphatic heterocycles. The Morgan fingerprint density at radius 2 is 2.50 bits per heavy atom. The predicted octanol–water partition coefficient (Wildman–Crippen LogP) is -1.41. The van der Waals surface area contributed by atoms with E-state index in [2.05, 4.69) is 15.3 Å². The number of nitrogens with one attached hydrogen (secondary N) is 2. The molecule has 1 aromatic rings. The highest BCUT2D eigenvalue weighted by Crippen LogP contribution is 1.95. The molecule has 0 radical (unpaired) electrons. The van der Waals surface area contributed by atoms with E-state index in [0.29, 0.717) is 5.82 Å². The SMILES string of the molecule is NC(CNc1cc[nH]c(=O)n1)C(=O)O. The maximum Gasteiger partial charge on any atom is 0.346 e. The first-order chi connectivity index (χ1) is 6.59. The van der Waals surface area contributed by atoms with Crippen molar-refractivity contribution in [2.24, 2.45) is 5.73 Å². The van der Waals surface area contributed by atoms with Gasteiger partial charge in [-0.25, -0.2) is 4.79 Å². The van der Waals surface area contributed by atoms with Crippen LogP contribution in [0.4, 0.5) is 5.82 Å². The van der Waals surface area contributed by atoms with E-state index >= 15 is 0 Å². The third-order valence-electron chi connectivity index (χ3n) is 1.49. The van der Waals surface area contributed by atoms with Crippen LogP contribution in [0.25, 0.3) is 0 Å². The van der Waals surface area contributed by atoms with Gasteiger partial charge >= 0.3 is 11.7 Å². The summed E-state index contributed by atoms with van der Waals surface area (Å²) in [5, 5.41) is 11.1. The number of aromatic amines is 1. The monoisotopic (exact) mass is 198 g/mol. The Labute approximate surface area is 79.0 Å². The second-order valence-corrected chi connectivity index (χ2v) is 2.61. The summed E-state index contributed by atoms with van der Waals surface area (Å²) in [7, 11) is 0. The number of hydrogen-bond acceptors (Lipinski definition) is 5. The predicted molar refractivity (Wildman–Crippen MR) is 49.0 cm³/mol. The van der Waals surface area contributed by atoms with E-state index in [0.717, 1.165) is 0 Å². The van der Waals surface area contributed by atoms with Crippen molar-refractivity contribution in [2.75, 3.05) is 11.9 Å². The third kappa shape index (κ3) is 2.87. The molecule has 0 bridgehead atoms. The van der Waals surface area contributed by atoms with Gasteiger partial charge in [0.05, 0.1) is 0 Å². The number of carboxylic acids is 1. The number of aromatic nitrogens is 2. The molecule has 1 aromatic heterocycles. The molecule has 0 aliphatic carbocycles. The number of nitrogens with zero attached hydrogens (tertiary/aromatic N) is 1. The molecule has 14 heavy (non-hydrogen) atoms. The lowest BCUT2D eigenvalue weighted by molar-refractivity contribution is -0.138. The summed E-state index contributed by atoms with van der Waals surface area (Å²) >= 11 is 0. The van der Waals surface area contributed by atoms with Gasteiger partial charge in [0.15, 0.2) is 0 Å². The molecule has 0 amide bonds. The average Bonchev–Trinajstić information content (AvgIpc) is 2.14. The van der Waals surface area contributed by atoms with E-state index in [1.54, 1.807) is 0 Å². The molecule has 76 valence electrons. The number of carboxylic acid groups (broad SMARTS) is 1. The minimum Gasteiger partial charge on any atom is -0.480 e. The van der Waals surface area contributed by atoms with Gasteiger partial charge in [-0.05, 0) is 6.07 Å². The lowest BCUT2D eigenvalue weighted by atomic mass is 10.3. The fourth-order valence-corrected chi connectivity index (χ4v) is 0.771. The molecule has 7 nitrogen and oxygen atoms in total. The van der Waals surface area contributed by atoms with E-state index in [-0.39, 0.29) is 6.54 Å². The molecule has 1 atom stereocenters. The zero-order valence-electron chi connectivity index (χ0n) is 7.23. The van der Waals surface area contributed by atoms with Crippen molar-refractivity contribution in [1.29, 1.82) is 0 Å². The van der Waals surface area contributed by atoms with Gasteiger partial charge in [-0.15, -0.1) is 0 Å². The standard InChI is InChI=1S/C7H10N4O3/c8-4(6(12)13)3-10-5-1-2-9-7(14)11-5/h1-2,4H,3,8H2,(H,12,13)(H2,9,10,11,14). The van der Waals surface area contributed by atoms with Crippen LogP contribution in [0.5, 0.6) is 0 Å². The van der Waals surface area contributed by atoms with Crippen molar-refractivity contribution < 1.29 is 9.90 Å². The van der Waals surface area contributed by atoms with Crippen molar-refractivity contribution in [3.63, 3.8) is 0 Å². The quantitative estimate of drug-likeness (QED) is 0.471. The van der Waals surface area contributed by atoms with Crippen molar-refractivity contribution in [3.05, 3.63) is 22.7 Å². The summed E-state index contributed by atoms with van der Waals surface area (Å²) in [6.07, 6.45) is 1.41. The molecule has 0 saturated heterocycles. The van der Waals surface area contributed by atoms with Crippen LogP contribution in [0.2, 0.25) is 0 Å². The molecule has 0 aromatic carbocycles. The summed E-state index contributed by atoms with van der Waals surface area (Å²) in [6, 6.07) is 0.492. The number of H-pyrrole nitrogens is 1. The molecule has 5 N–H and O–H groups in total. The number of nitrogens with two attached hydrogens (primary N) is 1. The molecule has 7 heteroatoms. The molecule has 0 saturated carbocycles. The van der Waals surface area contributed by atoms with Crippen molar-refractivity contribution in [3.8, 4) is 0 Å². The second-order valence-electron chi connectivity index (χ2n) is 2.61. The van der Waals surface area contributed by atoms with Crippen LogP contribution in [0.1, 0.15) is 0 Å². The topological polar surface area (TPSA) is 121 Å². The number of rotatable bonds is 4. The molecule has 0 fully saturated rings. The number of hydrogen-bond donors (Lipinski definition) is 4. The van der Waals surface area contributed by atoms with E-state index in [9.17, 15) is 9.59 Å². The van der Waals surface area contributed by atoms with Gasteiger partial charge in [0.2, 0.25) is 0 Å². The van der Waals surface area contributed by atoms with Gasteiger partial charge in [0, 0.05) is 12.7 Å². The van der Waals surface area contributed by atoms with Crippen molar-refractivity contribution in [2.45, 2.75) is 6.04 Å². The third-order valence-corrected chi connectivity index (χ3v) is 1.49. The molecule has 0 spiro atoms. The van der Waals surface area contributed by atoms with Gasteiger partial charge < -0.3 is 21.1 Å². The normalized spacial score (nSPS) is 12.1. The van der Waals surface area contributed by atoms with Gasteiger partial charge in [-0.3, -0.25) is 4.79 Å². The van der Waals surface area contributed by atoms with Crippen LogP contribution in [-0.2, 0) is 4.79 Å². The summed E-state index contributed by atoms with van der Waals surface area (Å²) in [5.74, 6) is -0.812. The Morgan fingerprint density at radius 3 is 3.07 bits per heavy atom. The summed E-state index contributed by atoms with van der Waals surface area (Å²) in [4.78, 5) is 26.9. The minimum absolute atomic E-state index is 0.0196. The molecule has 1 rings (SSSR count). The highest BCUT2D eigenvalue weighted by Gasteiger charge is 2.10. The van der Waals surface area contributed by atoms with Crippen LogP contribution in [0.3, 0.4) is 0 Å². The zero-order chi connectivity index (χ0) is 10.6. The first kappa shape index (κ1) is 10.2. The summed E-state index contributed by atoms with van der Waals surface area (Å²) in [6.45, 7) is 0.0196. The Kier molecular flexibility index (Phi) is 3.19. The maximum absolute atomic E-state index is 10.7. The van der Waals surface area contributed by atoms with Gasteiger partial charge in [0.1, 0.15) is 11.9 Å². The Bertz CT molecular complexity index is 375. The number of carbonyl (C=O) groups is 1. The summed E-state index contributed by atoms with van der Waals surface area (Å²) < 4.78 is 0. The van der Waals surface area contributed by atoms with Gasteiger partial charge in [-0.1, -0.05) is 0 Å². The second kappa shape index (κ2) is 4.38. The lowest BCUT2D eigenvalue weighted by Crippen LogP contribution is -2.37. The van der Waals surface area contributed by atoms with E-state index in [1.165, 1.54) is 12.3 Å². The van der Waals surface area contributed by atoms with Crippen LogP contribution in [0.15, 0.2) is 17.1 Å². The molecular formula is C7H10N4O3. The largest absolute Gasteiger partial charge is 0.480 e. The maximum atomic E-state index is 10.7. The van der Waals surface area contributed by atoms with Crippen molar-refractivity contribution in [1.82, 2.24) is 9.97 Å². The molecule has 0 aliphatic rings. The smallest absolute Gasteiger partial charge is 0.346 e. The van der Waals surface area contributed by atoms with Crippen molar-refractivity contribution >= 4 is 11.8 Å². The molecule has 1 unspecified atom stereocenters. The molecular weight excluding hydrogens is 188 g/mol. The van der Waals surface area contributed by atoms with E-state index in [4.69, 9.17) is 10.8 Å². The fraction of sp³-hybridized carbons (Fsp3) is 0.286. The van der Waals surface area contributed by atoms with Crippen LogP contribution < -0.4 is 16.7 Å². The lowest BCUT2D eigenvalue weighted by Gasteiger charge is -2.07. The number of aliphatic carboxylic acids is 1. The first-order valence-electron chi connectivity index (χ1n) is 3.87. The van der Waals surface area contributed by atoms with E-state index in [1.807, 2.05) is 0 Å². The van der Waals surface area contributed by atoms with Gasteiger partial charge in [-0.2, -0.15) is 4.98 Å². The van der Waals surface area contributed by atoms with Crippen LogP contribution >= 0.6 is 0 Å². The fourth-order valence-electron chi connectivity index (χ4n) is 0.771. The highest BCUT2D eigenvalue weighted by molar-refractivity contribution is 5.73. The molecule has 1 heterocycles.